The summed E-state index contributed by atoms with van der Waals surface area (Å²) < 4.78 is 0. The second-order valence-electron chi connectivity index (χ2n) is 4.66. The third-order valence-corrected chi connectivity index (χ3v) is 3.93. The number of carbonyl (C=O) groups excluding carboxylic acids is 1. The van der Waals surface area contributed by atoms with Crippen LogP contribution in [0.4, 0.5) is 5.82 Å². The van der Waals surface area contributed by atoms with Crippen molar-refractivity contribution in [2.75, 3.05) is 11.9 Å². The van der Waals surface area contributed by atoms with Crippen LogP contribution in [-0.4, -0.2) is 22.4 Å². The number of hydrogen-bond donors (Lipinski definition) is 2. The molecule has 0 aliphatic carbocycles. The van der Waals surface area contributed by atoms with Crippen molar-refractivity contribution in [1.29, 1.82) is 0 Å². The highest BCUT2D eigenvalue weighted by Gasteiger charge is 2.16. The van der Waals surface area contributed by atoms with Crippen LogP contribution in [0.25, 0.3) is 0 Å². The zero-order valence-corrected chi connectivity index (χ0v) is 13.1. The SMILES string of the molecule is CCCNc1ccc(C(=O)NC(CC)c2nccs2)cn1. The summed E-state index contributed by atoms with van der Waals surface area (Å²) in [6.07, 6.45) is 5.20. The Morgan fingerprint density at radius 2 is 2.19 bits per heavy atom. The molecule has 1 unspecified atom stereocenters. The van der Waals surface area contributed by atoms with Crippen LogP contribution in [0.5, 0.6) is 0 Å². The van der Waals surface area contributed by atoms with Crippen molar-refractivity contribution in [1.82, 2.24) is 15.3 Å². The van der Waals surface area contributed by atoms with Gasteiger partial charge >= 0.3 is 0 Å². The van der Waals surface area contributed by atoms with Gasteiger partial charge in [-0.1, -0.05) is 13.8 Å². The first-order valence-electron chi connectivity index (χ1n) is 7.14. The van der Waals surface area contributed by atoms with Gasteiger partial charge in [-0.05, 0) is 25.0 Å². The number of carbonyl (C=O) groups is 1. The monoisotopic (exact) mass is 304 g/mol. The number of nitrogens with zero attached hydrogens (tertiary/aromatic N) is 2. The average Bonchev–Trinajstić information content (AvgIpc) is 3.05. The maximum Gasteiger partial charge on any atom is 0.253 e. The minimum Gasteiger partial charge on any atom is -0.370 e. The molecule has 5 nitrogen and oxygen atoms in total. The lowest BCUT2D eigenvalue weighted by Crippen LogP contribution is -2.28. The molecule has 1 atom stereocenters. The summed E-state index contributed by atoms with van der Waals surface area (Å²) in [5.74, 6) is 0.673. The molecule has 2 aromatic rings. The van der Waals surface area contributed by atoms with Crippen molar-refractivity contribution < 1.29 is 4.79 Å². The normalized spacial score (nSPS) is 11.9. The molecule has 0 aliphatic heterocycles. The molecule has 0 aromatic carbocycles. The number of pyridine rings is 1. The van der Waals surface area contributed by atoms with Crippen LogP contribution in [0.2, 0.25) is 0 Å². The Hall–Kier alpha value is -1.95. The van der Waals surface area contributed by atoms with Gasteiger partial charge in [-0.2, -0.15) is 0 Å². The molecular weight excluding hydrogens is 284 g/mol. The highest BCUT2D eigenvalue weighted by atomic mass is 32.1. The van der Waals surface area contributed by atoms with E-state index in [-0.39, 0.29) is 11.9 Å². The van der Waals surface area contributed by atoms with Gasteiger partial charge < -0.3 is 10.6 Å². The molecule has 0 bridgehead atoms. The molecule has 21 heavy (non-hydrogen) atoms. The third-order valence-electron chi connectivity index (χ3n) is 3.04. The van der Waals surface area contributed by atoms with Crippen molar-refractivity contribution in [2.24, 2.45) is 0 Å². The molecule has 0 spiro atoms. The second kappa shape index (κ2) is 7.73. The number of aromatic nitrogens is 2. The van der Waals surface area contributed by atoms with E-state index < -0.39 is 0 Å². The van der Waals surface area contributed by atoms with Gasteiger partial charge in [0.2, 0.25) is 0 Å². The lowest BCUT2D eigenvalue weighted by molar-refractivity contribution is 0.0935. The second-order valence-corrected chi connectivity index (χ2v) is 5.59. The van der Waals surface area contributed by atoms with Gasteiger partial charge in [-0.3, -0.25) is 4.79 Å². The summed E-state index contributed by atoms with van der Waals surface area (Å²) >= 11 is 1.55. The van der Waals surface area contributed by atoms with E-state index >= 15 is 0 Å². The highest BCUT2D eigenvalue weighted by Crippen LogP contribution is 2.19. The number of thiazole rings is 1. The molecule has 1 amide bonds. The van der Waals surface area contributed by atoms with Gasteiger partial charge in [0.05, 0.1) is 11.6 Å². The maximum atomic E-state index is 12.2. The number of nitrogens with one attached hydrogen (secondary N) is 2. The minimum absolute atomic E-state index is 0.0459. The Morgan fingerprint density at radius 3 is 2.76 bits per heavy atom. The molecule has 2 aromatic heterocycles. The fourth-order valence-corrected chi connectivity index (χ4v) is 2.65. The van der Waals surface area contributed by atoms with E-state index in [0.717, 1.165) is 30.2 Å². The van der Waals surface area contributed by atoms with Crippen molar-refractivity contribution in [2.45, 2.75) is 32.7 Å². The quantitative estimate of drug-likeness (QED) is 0.824. The van der Waals surface area contributed by atoms with Crippen LogP contribution in [0.3, 0.4) is 0 Å². The van der Waals surface area contributed by atoms with Crippen LogP contribution in [0, 0.1) is 0 Å². The fourth-order valence-electron chi connectivity index (χ4n) is 1.87. The molecule has 0 saturated carbocycles. The van der Waals surface area contributed by atoms with Crippen molar-refractivity contribution >= 4 is 23.1 Å². The Bertz CT molecular complexity index is 554. The summed E-state index contributed by atoms with van der Waals surface area (Å²) in [5, 5.41) is 9.03. The van der Waals surface area contributed by atoms with E-state index in [2.05, 4.69) is 27.5 Å². The van der Waals surface area contributed by atoms with Gasteiger partial charge in [0.1, 0.15) is 10.8 Å². The molecule has 2 N–H and O–H groups in total. The van der Waals surface area contributed by atoms with E-state index in [4.69, 9.17) is 0 Å². The van der Waals surface area contributed by atoms with Crippen LogP contribution in [0.15, 0.2) is 29.9 Å². The van der Waals surface area contributed by atoms with Crippen LogP contribution in [0.1, 0.15) is 48.1 Å². The van der Waals surface area contributed by atoms with Crippen molar-refractivity contribution in [3.05, 3.63) is 40.5 Å². The zero-order valence-electron chi connectivity index (χ0n) is 12.3. The van der Waals surface area contributed by atoms with E-state index in [1.165, 1.54) is 0 Å². The number of anilines is 1. The molecule has 2 rings (SSSR count). The van der Waals surface area contributed by atoms with Gasteiger partial charge in [-0.15, -0.1) is 11.3 Å². The smallest absolute Gasteiger partial charge is 0.253 e. The molecule has 0 fully saturated rings. The minimum atomic E-state index is -0.119. The molecule has 0 radical (unpaired) electrons. The van der Waals surface area contributed by atoms with Crippen LogP contribution in [-0.2, 0) is 0 Å². The van der Waals surface area contributed by atoms with E-state index in [1.54, 1.807) is 29.8 Å². The number of amides is 1. The van der Waals surface area contributed by atoms with E-state index in [1.807, 2.05) is 18.4 Å². The predicted molar refractivity (Wildman–Crippen MR) is 85.6 cm³/mol. The Labute approximate surface area is 128 Å². The van der Waals surface area contributed by atoms with Gasteiger partial charge in [-0.25, -0.2) is 9.97 Å². The highest BCUT2D eigenvalue weighted by molar-refractivity contribution is 7.09. The third kappa shape index (κ3) is 4.26. The maximum absolute atomic E-state index is 12.2. The zero-order chi connectivity index (χ0) is 15.1. The topological polar surface area (TPSA) is 66.9 Å². The standard InChI is InChI=1S/C15H20N4OS/c1-3-7-16-13-6-5-11(10-18-13)14(20)19-12(4-2)15-17-8-9-21-15/h5-6,8-10,12H,3-4,7H2,1-2H3,(H,16,18)(H,19,20). The lowest BCUT2D eigenvalue weighted by Gasteiger charge is -2.14. The summed E-state index contributed by atoms with van der Waals surface area (Å²) in [7, 11) is 0. The first kappa shape index (κ1) is 15.4. The van der Waals surface area contributed by atoms with Crippen molar-refractivity contribution in [3.63, 3.8) is 0 Å². The summed E-state index contributed by atoms with van der Waals surface area (Å²) in [6.45, 7) is 5.00. The van der Waals surface area contributed by atoms with Crippen LogP contribution < -0.4 is 10.6 Å². The van der Waals surface area contributed by atoms with Gasteiger partial charge in [0.15, 0.2) is 0 Å². The predicted octanol–water partition coefficient (Wildman–Crippen LogP) is 3.24. The molecule has 6 heteroatoms. The molecule has 0 aliphatic rings. The summed E-state index contributed by atoms with van der Waals surface area (Å²) in [6, 6.07) is 3.57. The van der Waals surface area contributed by atoms with E-state index in [0.29, 0.717) is 5.56 Å². The molecule has 2 heterocycles. The van der Waals surface area contributed by atoms with Crippen LogP contribution >= 0.6 is 11.3 Å². The molecule has 112 valence electrons. The summed E-state index contributed by atoms with van der Waals surface area (Å²) in [5.41, 5.74) is 0.562. The van der Waals surface area contributed by atoms with Gasteiger partial charge in [0.25, 0.3) is 5.91 Å². The lowest BCUT2D eigenvalue weighted by atomic mass is 10.2. The average molecular weight is 304 g/mol. The fraction of sp³-hybridized carbons (Fsp3) is 0.400. The molecular formula is C15H20N4OS. The number of hydrogen-bond acceptors (Lipinski definition) is 5. The Morgan fingerprint density at radius 1 is 1.33 bits per heavy atom. The largest absolute Gasteiger partial charge is 0.370 e. The van der Waals surface area contributed by atoms with E-state index in [9.17, 15) is 4.79 Å². The van der Waals surface area contributed by atoms with Gasteiger partial charge in [0, 0.05) is 24.3 Å². The Kier molecular flexibility index (Phi) is 5.68. The first-order chi connectivity index (χ1) is 10.2. The molecule has 0 saturated heterocycles. The summed E-state index contributed by atoms with van der Waals surface area (Å²) in [4.78, 5) is 20.7. The van der Waals surface area contributed by atoms with Crippen molar-refractivity contribution in [3.8, 4) is 0 Å². The first-order valence-corrected chi connectivity index (χ1v) is 8.02. The number of rotatable bonds is 7. The Balaban J connectivity index is 1.99.